The van der Waals surface area contributed by atoms with Crippen LogP contribution in [0.5, 0.6) is 0 Å². The summed E-state index contributed by atoms with van der Waals surface area (Å²) in [7, 11) is 1.60. The lowest BCUT2D eigenvalue weighted by atomic mass is 10.1. The van der Waals surface area contributed by atoms with Crippen LogP contribution >= 0.6 is 0 Å². The van der Waals surface area contributed by atoms with E-state index >= 15 is 0 Å². The summed E-state index contributed by atoms with van der Waals surface area (Å²) in [6.07, 6.45) is 7.57. The predicted octanol–water partition coefficient (Wildman–Crippen LogP) is 3.64. The number of benzene rings is 1. The lowest BCUT2D eigenvalue weighted by Gasteiger charge is -2.19. The first kappa shape index (κ1) is 20.1. The van der Waals surface area contributed by atoms with Gasteiger partial charge in [-0.1, -0.05) is 12.1 Å². The maximum atomic E-state index is 12.9. The van der Waals surface area contributed by atoms with E-state index < -0.39 is 0 Å². The number of hydrogen-bond acceptors (Lipinski definition) is 5. The fourth-order valence-corrected chi connectivity index (χ4v) is 3.16. The number of carbonyl (C=O) groups excluding carboxylic acids is 2. The average Bonchev–Trinajstić information content (AvgIpc) is 3.50. The summed E-state index contributed by atoms with van der Waals surface area (Å²) in [4.78, 5) is 30.9. The van der Waals surface area contributed by atoms with Gasteiger partial charge in [0.05, 0.1) is 17.5 Å². The molecule has 0 saturated heterocycles. The number of aryl methyl sites for hydroxylation is 2. The number of nitrogens with one attached hydrogen (secondary N) is 1. The van der Waals surface area contributed by atoms with Crippen LogP contribution in [0, 0.1) is 0 Å². The molecular formula is C23H21N5O3. The summed E-state index contributed by atoms with van der Waals surface area (Å²) in [5.41, 5.74) is 1.99. The molecule has 0 saturated carbocycles. The number of para-hydroxylation sites is 1. The van der Waals surface area contributed by atoms with E-state index in [0.29, 0.717) is 23.6 Å². The van der Waals surface area contributed by atoms with Crippen molar-refractivity contribution >= 4 is 23.3 Å². The molecule has 3 aromatic heterocycles. The Labute approximate surface area is 179 Å². The van der Waals surface area contributed by atoms with Gasteiger partial charge in [0, 0.05) is 38.2 Å². The topological polar surface area (TPSA) is 93.3 Å². The van der Waals surface area contributed by atoms with Crippen LogP contribution in [0.1, 0.15) is 26.5 Å². The third kappa shape index (κ3) is 4.69. The van der Waals surface area contributed by atoms with E-state index in [9.17, 15) is 9.59 Å². The van der Waals surface area contributed by atoms with E-state index in [1.807, 2.05) is 18.3 Å². The van der Waals surface area contributed by atoms with Crippen LogP contribution in [0.15, 0.2) is 83.9 Å². The van der Waals surface area contributed by atoms with Crippen molar-refractivity contribution in [3.05, 3.63) is 96.3 Å². The summed E-state index contributed by atoms with van der Waals surface area (Å²) in [5.74, 6) is -0.0556. The predicted molar refractivity (Wildman–Crippen MR) is 116 cm³/mol. The van der Waals surface area contributed by atoms with Crippen molar-refractivity contribution in [3.63, 3.8) is 0 Å². The van der Waals surface area contributed by atoms with Gasteiger partial charge in [-0.2, -0.15) is 5.10 Å². The third-order valence-electron chi connectivity index (χ3n) is 4.81. The van der Waals surface area contributed by atoms with Crippen LogP contribution < -0.4 is 10.2 Å². The molecule has 2 amide bonds. The highest BCUT2D eigenvalue weighted by molar-refractivity contribution is 6.12. The molecule has 0 unspecified atom stereocenters. The smallest absolute Gasteiger partial charge is 0.293 e. The van der Waals surface area contributed by atoms with Crippen molar-refractivity contribution in [2.24, 2.45) is 0 Å². The van der Waals surface area contributed by atoms with Crippen LogP contribution in [0.25, 0.3) is 0 Å². The van der Waals surface area contributed by atoms with E-state index in [-0.39, 0.29) is 17.6 Å². The highest BCUT2D eigenvalue weighted by Crippen LogP contribution is 2.22. The largest absolute Gasteiger partial charge is 0.459 e. The van der Waals surface area contributed by atoms with Crippen molar-refractivity contribution in [2.45, 2.75) is 13.0 Å². The zero-order valence-electron chi connectivity index (χ0n) is 16.9. The minimum atomic E-state index is -0.353. The quantitative estimate of drug-likeness (QED) is 0.497. The van der Waals surface area contributed by atoms with Gasteiger partial charge in [0.25, 0.3) is 11.8 Å². The van der Waals surface area contributed by atoms with Gasteiger partial charge in [-0.3, -0.25) is 19.3 Å². The first-order valence-electron chi connectivity index (χ1n) is 9.76. The zero-order valence-corrected chi connectivity index (χ0v) is 16.9. The molecule has 3 heterocycles. The fourth-order valence-electron chi connectivity index (χ4n) is 3.16. The molecule has 0 aliphatic rings. The minimum Gasteiger partial charge on any atom is -0.459 e. The van der Waals surface area contributed by atoms with Gasteiger partial charge >= 0.3 is 0 Å². The average molecular weight is 415 g/mol. The van der Waals surface area contributed by atoms with Crippen molar-refractivity contribution < 1.29 is 14.0 Å². The Morgan fingerprint density at radius 1 is 1.06 bits per heavy atom. The highest BCUT2D eigenvalue weighted by atomic mass is 16.3. The molecule has 0 radical (unpaired) electrons. The molecular weight excluding hydrogens is 394 g/mol. The summed E-state index contributed by atoms with van der Waals surface area (Å²) in [6, 6.07) is 15.8. The van der Waals surface area contributed by atoms with Gasteiger partial charge in [-0.15, -0.1) is 0 Å². The first-order valence-corrected chi connectivity index (χ1v) is 9.76. The molecule has 4 rings (SSSR count). The lowest BCUT2D eigenvalue weighted by molar-refractivity contribution is 0.0966. The molecule has 4 aromatic rings. The van der Waals surface area contributed by atoms with Crippen LogP contribution in [0.3, 0.4) is 0 Å². The maximum Gasteiger partial charge on any atom is 0.293 e. The van der Waals surface area contributed by atoms with E-state index in [1.165, 1.54) is 11.2 Å². The number of pyridine rings is 1. The molecule has 8 nitrogen and oxygen atoms in total. The number of furan rings is 1. The Kier molecular flexibility index (Phi) is 5.89. The van der Waals surface area contributed by atoms with Crippen LogP contribution in [0.4, 0.5) is 11.5 Å². The van der Waals surface area contributed by atoms with Gasteiger partial charge < -0.3 is 14.6 Å². The Balaban J connectivity index is 1.45. The Morgan fingerprint density at radius 2 is 1.87 bits per heavy atom. The van der Waals surface area contributed by atoms with E-state index in [4.69, 9.17) is 4.42 Å². The van der Waals surface area contributed by atoms with Gasteiger partial charge in [0.2, 0.25) is 0 Å². The van der Waals surface area contributed by atoms with Crippen molar-refractivity contribution in [3.8, 4) is 0 Å². The number of anilines is 2. The number of hydrogen-bond donors (Lipinski definition) is 1. The molecule has 0 fully saturated rings. The molecule has 1 N–H and O–H groups in total. The van der Waals surface area contributed by atoms with Gasteiger partial charge in [-0.05, 0) is 48.4 Å². The lowest BCUT2D eigenvalue weighted by Crippen LogP contribution is -2.28. The molecule has 0 bridgehead atoms. The number of rotatable bonds is 7. The zero-order chi connectivity index (χ0) is 21.6. The summed E-state index contributed by atoms with van der Waals surface area (Å²) >= 11 is 0. The van der Waals surface area contributed by atoms with E-state index in [2.05, 4.69) is 15.4 Å². The number of carbonyl (C=O) groups is 2. The molecule has 0 aliphatic carbocycles. The van der Waals surface area contributed by atoms with Gasteiger partial charge in [0.1, 0.15) is 0 Å². The minimum absolute atomic E-state index is 0.200. The molecule has 8 heteroatoms. The summed E-state index contributed by atoms with van der Waals surface area (Å²) in [5, 5.41) is 7.22. The summed E-state index contributed by atoms with van der Waals surface area (Å²) < 4.78 is 6.96. The standard InChI is InChI=1S/C23H21N5O3/c1-27(23(30)20-7-4-16-31-20)19-6-3-2-5-18(19)22(29)25-21-11-15-28(26-21)14-10-17-8-12-24-13-9-17/h2-9,11-13,15-16H,10,14H2,1H3,(H,25,26,29). The van der Waals surface area contributed by atoms with Crippen molar-refractivity contribution in [1.82, 2.24) is 14.8 Å². The summed E-state index contributed by atoms with van der Waals surface area (Å²) in [6.45, 7) is 0.677. The molecule has 0 atom stereocenters. The van der Waals surface area contributed by atoms with Crippen LogP contribution in [-0.4, -0.2) is 33.6 Å². The second-order valence-corrected chi connectivity index (χ2v) is 6.88. The highest BCUT2D eigenvalue weighted by Gasteiger charge is 2.21. The third-order valence-corrected chi connectivity index (χ3v) is 4.81. The van der Waals surface area contributed by atoms with E-state index in [0.717, 1.165) is 12.0 Å². The number of nitrogens with zero attached hydrogens (tertiary/aromatic N) is 4. The van der Waals surface area contributed by atoms with Gasteiger partial charge in [0.15, 0.2) is 11.6 Å². The Hall–Kier alpha value is -4.20. The van der Waals surface area contributed by atoms with Crippen molar-refractivity contribution in [1.29, 1.82) is 0 Å². The Morgan fingerprint density at radius 3 is 2.65 bits per heavy atom. The number of aromatic nitrogens is 3. The Bertz CT molecular complexity index is 1170. The number of amides is 2. The van der Waals surface area contributed by atoms with E-state index in [1.54, 1.807) is 66.6 Å². The molecule has 1 aromatic carbocycles. The second-order valence-electron chi connectivity index (χ2n) is 6.88. The first-order chi connectivity index (χ1) is 15.1. The van der Waals surface area contributed by atoms with Crippen molar-refractivity contribution in [2.75, 3.05) is 17.3 Å². The maximum absolute atomic E-state index is 12.9. The fraction of sp³-hybridized carbons (Fsp3) is 0.130. The van der Waals surface area contributed by atoms with Crippen LogP contribution in [0.2, 0.25) is 0 Å². The normalized spacial score (nSPS) is 10.6. The van der Waals surface area contributed by atoms with Crippen LogP contribution in [-0.2, 0) is 13.0 Å². The molecule has 31 heavy (non-hydrogen) atoms. The second kappa shape index (κ2) is 9.08. The molecule has 156 valence electrons. The SMILES string of the molecule is CN(C(=O)c1ccco1)c1ccccc1C(=O)Nc1ccn(CCc2ccncc2)n1. The monoisotopic (exact) mass is 415 g/mol. The molecule has 0 aliphatic heterocycles. The molecule has 0 spiro atoms. The van der Waals surface area contributed by atoms with Gasteiger partial charge in [-0.25, -0.2) is 0 Å².